The molecule has 0 bridgehead atoms. The minimum absolute atomic E-state index is 0.317. The van der Waals surface area contributed by atoms with Crippen molar-refractivity contribution in [3.63, 3.8) is 0 Å². The summed E-state index contributed by atoms with van der Waals surface area (Å²) in [4.78, 5) is 30.9. The van der Waals surface area contributed by atoms with Crippen LogP contribution in [0.5, 0.6) is 0 Å². The van der Waals surface area contributed by atoms with Crippen molar-refractivity contribution in [1.29, 1.82) is 0 Å². The lowest BCUT2D eigenvalue weighted by molar-refractivity contribution is -0.121. The van der Waals surface area contributed by atoms with Gasteiger partial charge in [-0.1, -0.05) is 47.6 Å². The number of rotatable bonds is 4. The highest BCUT2D eigenvalue weighted by atomic mass is 35.5. The number of benzene rings is 2. The summed E-state index contributed by atoms with van der Waals surface area (Å²) in [6.07, 6.45) is 0. The molecule has 2 aromatic rings. The number of thioether (sulfide) groups is 1. The highest BCUT2D eigenvalue weighted by molar-refractivity contribution is 8.04. The Bertz CT molecular complexity index is 910. The molecule has 0 saturated carbocycles. The zero-order chi connectivity index (χ0) is 18.8. The van der Waals surface area contributed by atoms with E-state index in [9.17, 15) is 9.59 Å². The van der Waals surface area contributed by atoms with E-state index in [1.165, 1.54) is 16.7 Å². The summed E-state index contributed by atoms with van der Waals surface area (Å²) >= 11 is 7.39. The van der Waals surface area contributed by atoms with E-state index in [-0.39, 0.29) is 11.8 Å². The van der Waals surface area contributed by atoms with Crippen molar-refractivity contribution in [2.75, 3.05) is 31.2 Å². The van der Waals surface area contributed by atoms with Crippen LogP contribution in [0.3, 0.4) is 0 Å². The lowest BCUT2D eigenvalue weighted by Crippen LogP contribution is -2.40. The first kappa shape index (κ1) is 18.1. The number of nitrogens with zero attached hydrogens (tertiary/aromatic N) is 2. The van der Waals surface area contributed by atoms with Gasteiger partial charge in [-0.05, 0) is 30.3 Å². The fraction of sp³-hybridized carbons (Fsp3) is 0.200. The number of ether oxygens (including phenoxy) is 1. The summed E-state index contributed by atoms with van der Waals surface area (Å²) in [6.45, 7) is 2.23. The van der Waals surface area contributed by atoms with Crippen molar-refractivity contribution in [2.24, 2.45) is 0 Å². The van der Waals surface area contributed by atoms with E-state index in [0.717, 1.165) is 4.90 Å². The monoisotopic (exact) mass is 400 g/mol. The number of carbonyl (C=O) groups is 2. The summed E-state index contributed by atoms with van der Waals surface area (Å²) in [5, 5.41) is 0.477. The molecule has 2 heterocycles. The van der Waals surface area contributed by atoms with Gasteiger partial charge in [0, 0.05) is 23.0 Å². The molecule has 2 amide bonds. The van der Waals surface area contributed by atoms with Gasteiger partial charge in [-0.3, -0.25) is 9.59 Å². The van der Waals surface area contributed by atoms with E-state index in [4.69, 9.17) is 16.3 Å². The number of anilines is 1. The van der Waals surface area contributed by atoms with E-state index < -0.39 is 0 Å². The second-order valence-electron chi connectivity index (χ2n) is 6.12. The van der Waals surface area contributed by atoms with Crippen molar-refractivity contribution >= 4 is 40.9 Å². The predicted octanol–water partition coefficient (Wildman–Crippen LogP) is 3.55. The van der Waals surface area contributed by atoms with Crippen LogP contribution in [0.1, 0.15) is 0 Å². The Labute approximate surface area is 166 Å². The third-order valence-corrected chi connectivity index (χ3v) is 5.69. The fourth-order valence-corrected chi connectivity index (χ4v) is 4.32. The first-order chi connectivity index (χ1) is 13.1. The number of hydrogen-bond acceptors (Lipinski definition) is 5. The summed E-state index contributed by atoms with van der Waals surface area (Å²) in [5.41, 5.74) is 0.920. The number of halogens is 1. The molecular weight excluding hydrogens is 384 g/mol. The van der Waals surface area contributed by atoms with Gasteiger partial charge in [0.2, 0.25) is 0 Å². The van der Waals surface area contributed by atoms with Crippen LogP contribution < -0.4 is 4.90 Å². The zero-order valence-electron chi connectivity index (χ0n) is 14.4. The quantitative estimate of drug-likeness (QED) is 0.734. The van der Waals surface area contributed by atoms with Gasteiger partial charge in [0.25, 0.3) is 11.8 Å². The van der Waals surface area contributed by atoms with Crippen LogP contribution in [-0.2, 0) is 14.3 Å². The second kappa shape index (κ2) is 7.76. The predicted molar refractivity (Wildman–Crippen MR) is 106 cm³/mol. The first-order valence-electron chi connectivity index (χ1n) is 8.59. The number of imide groups is 1. The average molecular weight is 401 g/mol. The Morgan fingerprint density at radius 1 is 0.926 bits per heavy atom. The molecule has 2 aliphatic heterocycles. The summed E-state index contributed by atoms with van der Waals surface area (Å²) in [6, 6.07) is 16.4. The maximum Gasteiger partial charge on any atom is 0.283 e. The molecule has 1 saturated heterocycles. The Kier molecular flexibility index (Phi) is 5.20. The maximum atomic E-state index is 13.2. The van der Waals surface area contributed by atoms with Crippen molar-refractivity contribution in [1.82, 2.24) is 4.90 Å². The summed E-state index contributed by atoms with van der Waals surface area (Å²) < 4.78 is 5.40. The fourth-order valence-electron chi connectivity index (χ4n) is 3.11. The minimum Gasteiger partial charge on any atom is -0.378 e. The zero-order valence-corrected chi connectivity index (χ0v) is 16.0. The van der Waals surface area contributed by atoms with Crippen LogP contribution in [0.2, 0.25) is 5.02 Å². The van der Waals surface area contributed by atoms with Crippen molar-refractivity contribution in [3.8, 4) is 0 Å². The Morgan fingerprint density at radius 3 is 2.37 bits per heavy atom. The number of amides is 2. The third-order valence-electron chi connectivity index (χ3n) is 4.37. The molecule has 0 atom stereocenters. The Morgan fingerprint density at radius 2 is 1.67 bits per heavy atom. The standard InChI is InChI=1S/C20H17ClN2O3S/c21-14-5-4-6-15(13-14)23-19(24)17(22-9-11-26-12-10-22)18(20(23)25)27-16-7-2-1-3-8-16/h1-8,13H,9-12H2. The van der Waals surface area contributed by atoms with Gasteiger partial charge in [-0.15, -0.1) is 0 Å². The lowest BCUT2D eigenvalue weighted by atomic mass is 10.3. The van der Waals surface area contributed by atoms with E-state index in [0.29, 0.717) is 47.6 Å². The van der Waals surface area contributed by atoms with Gasteiger partial charge < -0.3 is 9.64 Å². The van der Waals surface area contributed by atoms with Crippen LogP contribution >= 0.6 is 23.4 Å². The van der Waals surface area contributed by atoms with Gasteiger partial charge in [0.1, 0.15) is 10.6 Å². The van der Waals surface area contributed by atoms with Crippen molar-refractivity contribution in [3.05, 3.63) is 70.2 Å². The van der Waals surface area contributed by atoms with Gasteiger partial charge in [0.05, 0.1) is 18.9 Å². The Balaban J connectivity index is 1.74. The molecule has 4 rings (SSSR count). The molecule has 27 heavy (non-hydrogen) atoms. The van der Waals surface area contributed by atoms with E-state index in [2.05, 4.69) is 0 Å². The molecule has 0 radical (unpaired) electrons. The Hall–Kier alpha value is -2.28. The molecular formula is C20H17ClN2O3S. The molecule has 2 aliphatic rings. The SMILES string of the molecule is O=C1C(Sc2ccccc2)=C(N2CCOCC2)C(=O)N1c1cccc(Cl)c1. The van der Waals surface area contributed by atoms with Crippen molar-refractivity contribution in [2.45, 2.75) is 4.90 Å². The van der Waals surface area contributed by atoms with Crippen LogP contribution in [0.4, 0.5) is 5.69 Å². The second-order valence-corrected chi connectivity index (χ2v) is 7.64. The van der Waals surface area contributed by atoms with Crippen LogP contribution in [0.15, 0.2) is 70.1 Å². The highest BCUT2D eigenvalue weighted by Crippen LogP contribution is 2.39. The summed E-state index contributed by atoms with van der Waals surface area (Å²) in [7, 11) is 0. The molecule has 7 heteroatoms. The highest BCUT2D eigenvalue weighted by Gasteiger charge is 2.42. The first-order valence-corrected chi connectivity index (χ1v) is 9.79. The van der Waals surface area contributed by atoms with E-state index >= 15 is 0 Å². The van der Waals surface area contributed by atoms with Crippen molar-refractivity contribution < 1.29 is 14.3 Å². The van der Waals surface area contributed by atoms with E-state index in [1.54, 1.807) is 24.3 Å². The van der Waals surface area contributed by atoms with Gasteiger partial charge in [-0.2, -0.15) is 0 Å². The number of hydrogen-bond donors (Lipinski definition) is 0. The maximum absolute atomic E-state index is 13.2. The molecule has 0 N–H and O–H groups in total. The smallest absolute Gasteiger partial charge is 0.283 e. The van der Waals surface area contributed by atoms with Gasteiger partial charge in [0.15, 0.2) is 0 Å². The van der Waals surface area contributed by atoms with Crippen LogP contribution in [0.25, 0.3) is 0 Å². The molecule has 0 aliphatic carbocycles. The lowest BCUT2D eigenvalue weighted by Gasteiger charge is -2.29. The van der Waals surface area contributed by atoms with Crippen LogP contribution in [0, 0.1) is 0 Å². The molecule has 5 nitrogen and oxygen atoms in total. The number of carbonyl (C=O) groups excluding carboxylic acids is 2. The topological polar surface area (TPSA) is 49.9 Å². The molecule has 0 unspecified atom stereocenters. The molecule has 2 aromatic carbocycles. The van der Waals surface area contributed by atoms with E-state index in [1.807, 2.05) is 35.2 Å². The normalized spacial score (nSPS) is 17.8. The molecule has 0 aromatic heterocycles. The third kappa shape index (κ3) is 3.60. The largest absolute Gasteiger partial charge is 0.378 e. The van der Waals surface area contributed by atoms with Crippen LogP contribution in [-0.4, -0.2) is 43.0 Å². The molecule has 138 valence electrons. The average Bonchev–Trinajstić information content (AvgIpc) is 2.93. The molecule has 0 spiro atoms. The van der Waals surface area contributed by atoms with Gasteiger partial charge >= 0.3 is 0 Å². The number of morpholine rings is 1. The molecule has 1 fully saturated rings. The minimum atomic E-state index is -0.322. The summed E-state index contributed by atoms with van der Waals surface area (Å²) in [5.74, 6) is -0.639. The van der Waals surface area contributed by atoms with Gasteiger partial charge in [-0.25, -0.2) is 4.90 Å².